The Hall–Kier alpha value is -2.24. The van der Waals surface area contributed by atoms with E-state index in [1.807, 2.05) is 12.1 Å². The lowest BCUT2D eigenvalue weighted by Crippen LogP contribution is -2.44. The Balaban J connectivity index is 0.00000256. The van der Waals surface area contributed by atoms with Gasteiger partial charge in [0.25, 0.3) is 0 Å². The summed E-state index contributed by atoms with van der Waals surface area (Å²) in [5.74, 6) is 2.04. The SMILES string of the molecule is COc1cccc(CN2CCC(C(=O)N3CCc4ccccc4C3)CC2)c1OC.Cl. The predicted octanol–water partition coefficient (Wildman–Crippen LogP) is 3.92. The molecule has 0 radical (unpaired) electrons. The van der Waals surface area contributed by atoms with Gasteiger partial charge in [0.2, 0.25) is 5.91 Å². The van der Waals surface area contributed by atoms with Gasteiger partial charge in [0, 0.05) is 31.1 Å². The molecule has 0 aromatic heterocycles. The number of hydrogen-bond acceptors (Lipinski definition) is 4. The van der Waals surface area contributed by atoms with Crippen LogP contribution in [-0.4, -0.2) is 49.6 Å². The van der Waals surface area contributed by atoms with Gasteiger partial charge in [-0.15, -0.1) is 12.4 Å². The van der Waals surface area contributed by atoms with Gasteiger partial charge in [-0.1, -0.05) is 36.4 Å². The number of carbonyl (C=O) groups excluding carboxylic acids is 1. The Morgan fingerprint density at radius 3 is 2.40 bits per heavy atom. The van der Waals surface area contributed by atoms with Crippen LogP contribution >= 0.6 is 12.4 Å². The number of rotatable bonds is 5. The van der Waals surface area contributed by atoms with E-state index in [1.165, 1.54) is 11.1 Å². The second-order valence-electron chi connectivity index (χ2n) is 7.98. The molecule has 0 N–H and O–H groups in total. The van der Waals surface area contributed by atoms with E-state index in [4.69, 9.17) is 9.47 Å². The number of halogens is 1. The van der Waals surface area contributed by atoms with Crippen LogP contribution in [0.15, 0.2) is 42.5 Å². The van der Waals surface area contributed by atoms with Crippen molar-refractivity contribution in [3.05, 3.63) is 59.2 Å². The number of methoxy groups -OCH3 is 2. The minimum absolute atomic E-state index is 0. The molecule has 2 aliphatic rings. The molecule has 1 amide bonds. The van der Waals surface area contributed by atoms with Crippen LogP contribution in [0.5, 0.6) is 11.5 Å². The number of hydrogen-bond donors (Lipinski definition) is 0. The highest BCUT2D eigenvalue weighted by Crippen LogP contribution is 2.32. The molecule has 2 heterocycles. The van der Waals surface area contributed by atoms with Crippen molar-refractivity contribution in [2.45, 2.75) is 32.4 Å². The van der Waals surface area contributed by atoms with Crippen LogP contribution in [0.3, 0.4) is 0 Å². The minimum atomic E-state index is 0. The third kappa shape index (κ3) is 4.73. The Morgan fingerprint density at radius 2 is 1.70 bits per heavy atom. The summed E-state index contributed by atoms with van der Waals surface area (Å²) in [6.07, 6.45) is 2.81. The van der Waals surface area contributed by atoms with Crippen molar-refractivity contribution in [3.63, 3.8) is 0 Å². The van der Waals surface area contributed by atoms with E-state index in [2.05, 4.69) is 40.1 Å². The summed E-state index contributed by atoms with van der Waals surface area (Å²) in [6, 6.07) is 14.5. The average molecular weight is 431 g/mol. The first-order valence-corrected chi connectivity index (χ1v) is 10.5. The lowest BCUT2D eigenvalue weighted by molar-refractivity contribution is -0.138. The summed E-state index contributed by atoms with van der Waals surface area (Å²) < 4.78 is 11.0. The Kier molecular flexibility index (Phi) is 7.62. The fourth-order valence-corrected chi connectivity index (χ4v) is 4.60. The van der Waals surface area contributed by atoms with Gasteiger partial charge in [-0.05, 0) is 49.5 Å². The van der Waals surface area contributed by atoms with Gasteiger partial charge >= 0.3 is 0 Å². The monoisotopic (exact) mass is 430 g/mol. The van der Waals surface area contributed by atoms with Crippen molar-refractivity contribution in [3.8, 4) is 11.5 Å². The average Bonchev–Trinajstić information content (AvgIpc) is 2.78. The van der Waals surface area contributed by atoms with E-state index < -0.39 is 0 Å². The molecule has 6 heteroatoms. The third-order valence-electron chi connectivity index (χ3n) is 6.26. The lowest BCUT2D eigenvalue weighted by Gasteiger charge is -2.36. The molecule has 0 unspecified atom stereocenters. The quantitative estimate of drug-likeness (QED) is 0.721. The van der Waals surface area contributed by atoms with Gasteiger partial charge in [0.15, 0.2) is 11.5 Å². The van der Waals surface area contributed by atoms with E-state index in [0.29, 0.717) is 5.91 Å². The standard InChI is InChI=1S/C24H30N2O3.ClH/c1-28-22-9-5-8-21(23(22)29-2)16-25-13-10-19(11-14-25)24(27)26-15-12-18-6-3-4-7-20(18)17-26;/h3-9,19H,10-17H2,1-2H3;1H. The number of carbonyl (C=O) groups is 1. The third-order valence-corrected chi connectivity index (χ3v) is 6.26. The van der Waals surface area contributed by atoms with Crippen LogP contribution in [0.1, 0.15) is 29.5 Å². The number of nitrogens with zero attached hydrogens (tertiary/aromatic N) is 2. The molecule has 162 valence electrons. The smallest absolute Gasteiger partial charge is 0.226 e. The zero-order valence-corrected chi connectivity index (χ0v) is 18.6. The van der Waals surface area contributed by atoms with E-state index in [1.54, 1.807) is 14.2 Å². The number of likely N-dealkylation sites (tertiary alicyclic amines) is 1. The lowest BCUT2D eigenvalue weighted by atomic mass is 9.92. The van der Waals surface area contributed by atoms with Gasteiger partial charge in [0.1, 0.15) is 0 Å². The molecule has 2 aromatic rings. The summed E-state index contributed by atoms with van der Waals surface area (Å²) in [7, 11) is 3.35. The molecule has 0 aliphatic carbocycles. The number of para-hydroxylation sites is 1. The summed E-state index contributed by atoms with van der Waals surface area (Å²) in [4.78, 5) is 17.6. The van der Waals surface area contributed by atoms with Crippen molar-refractivity contribution >= 4 is 18.3 Å². The molecular weight excluding hydrogens is 400 g/mol. The first-order chi connectivity index (χ1) is 14.2. The number of ether oxygens (including phenoxy) is 2. The number of benzene rings is 2. The molecule has 0 spiro atoms. The first kappa shape index (κ1) is 22.4. The highest BCUT2D eigenvalue weighted by Gasteiger charge is 2.30. The van der Waals surface area contributed by atoms with Crippen molar-refractivity contribution < 1.29 is 14.3 Å². The number of amides is 1. The Labute approximate surface area is 185 Å². The number of fused-ring (bicyclic) bond motifs is 1. The molecule has 30 heavy (non-hydrogen) atoms. The molecule has 2 aliphatic heterocycles. The molecule has 1 saturated heterocycles. The maximum Gasteiger partial charge on any atom is 0.226 e. The zero-order chi connectivity index (χ0) is 20.2. The van der Waals surface area contributed by atoms with Crippen LogP contribution in [0.25, 0.3) is 0 Å². The molecular formula is C24H31ClN2O3. The highest BCUT2D eigenvalue weighted by molar-refractivity contribution is 5.85. The molecule has 1 fully saturated rings. The maximum absolute atomic E-state index is 13.1. The Bertz CT molecular complexity index is 865. The molecule has 0 saturated carbocycles. The van der Waals surface area contributed by atoms with Crippen LogP contribution in [0.4, 0.5) is 0 Å². The topological polar surface area (TPSA) is 42.0 Å². The zero-order valence-electron chi connectivity index (χ0n) is 17.8. The largest absolute Gasteiger partial charge is 0.493 e. The van der Waals surface area contributed by atoms with E-state index in [9.17, 15) is 4.79 Å². The van der Waals surface area contributed by atoms with Crippen molar-refractivity contribution in [2.24, 2.45) is 5.92 Å². The van der Waals surface area contributed by atoms with Crippen LogP contribution < -0.4 is 9.47 Å². The fraction of sp³-hybridized carbons (Fsp3) is 0.458. The summed E-state index contributed by atoms with van der Waals surface area (Å²) in [5.41, 5.74) is 3.82. The maximum atomic E-state index is 13.1. The second-order valence-corrected chi connectivity index (χ2v) is 7.98. The van der Waals surface area contributed by atoms with Gasteiger partial charge in [-0.3, -0.25) is 9.69 Å². The highest BCUT2D eigenvalue weighted by atomic mass is 35.5. The summed E-state index contributed by atoms with van der Waals surface area (Å²) in [5, 5.41) is 0. The minimum Gasteiger partial charge on any atom is -0.493 e. The normalized spacial score (nSPS) is 17.1. The molecule has 2 aromatic carbocycles. The van der Waals surface area contributed by atoms with Crippen LogP contribution in [0.2, 0.25) is 0 Å². The Morgan fingerprint density at radius 1 is 0.967 bits per heavy atom. The second kappa shape index (κ2) is 10.2. The number of piperidine rings is 1. The summed E-state index contributed by atoms with van der Waals surface area (Å²) >= 11 is 0. The van der Waals surface area contributed by atoms with Crippen molar-refractivity contribution in [1.82, 2.24) is 9.80 Å². The van der Waals surface area contributed by atoms with Gasteiger partial charge in [0.05, 0.1) is 14.2 Å². The van der Waals surface area contributed by atoms with Gasteiger partial charge in [-0.25, -0.2) is 0 Å². The van der Waals surface area contributed by atoms with Crippen LogP contribution in [-0.2, 0) is 24.3 Å². The van der Waals surface area contributed by atoms with Crippen molar-refractivity contribution in [2.75, 3.05) is 33.9 Å². The van der Waals surface area contributed by atoms with E-state index in [-0.39, 0.29) is 18.3 Å². The molecule has 4 rings (SSSR count). The van der Waals surface area contributed by atoms with E-state index >= 15 is 0 Å². The summed E-state index contributed by atoms with van der Waals surface area (Å²) in [6.45, 7) is 4.29. The predicted molar refractivity (Wildman–Crippen MR) is 120 cm³/mol. The van der Waals surface area contributed by atoms with Crippen molar-refractivity contribution in [1.29, 1.82) is 0 Å². The van der Waals surface area contributed by atoms with Crippen LogP contribution in [0, 0.1) is 5.92 Å². The molecule has 0 bridgehead atoms. The molecule has 5 nitrogen and oxygen atoms in total. The van der Waals surface area contributed by atoms with Gasteiger partial charge in [-0.2, -0.15) is 0 Å². The van der Waals surface area contributed by atoms with Gasteiger partial charge < -0.3 is 14.4 Å². The van der Waals surface area contributed by atoms with E-state index in [0.717, 1.165) is 69.0 Å². The first-order valence-electron chi connectivity index (χ1n) is 10.5. The molecule has 0 atom stereocenters. The fourth-order valence-electron chi connectivity index (χ4n) is 4.60.